The molecule has 0 spiro atoms. The van der Waals surface area contributed by atoms with Crippen LogP contribution in [0.3, 0.4) is 0 Å². The molecule has 0 aliphatic rings. The number of methoxy groups -OCH3 is 2. The molecule has 1 N–H and O–H groups in total. The van der Waals surface area contributed by atoms with Gasteiger partial charge in [-0.2, -0.15) is 0 Å². The molecule has 0 aliphatic carbocycles. The summed E-state index contributed by atoms with van der Waals surface area (Å²) in [4.78, 5) is 23.3. The molecule has 0 atom stereocenters. The van der Waals surface area contributed by atoms with Crippen molar-refractivity contribution in [2.45, 2.75) is 13.8 Å². The fourth-order valence-electron chi connectivity index (χ4n) is 2.30. The topological polar surface area (TPSA) is 73.9 Å². The van der Waals surface area contributed by atoms with Gasteiger partial charge < -0.3 is 19.5 Å². The Morgan fingerprint density at radius 2 is 1.78 bits per heavy atom. The van der Waals surface area contributed by atoms with Gasteiger partial charge in [0.05, 0.1) is 14.2 Å². The third-order valence-corrected chi connectivity index (χ3v) is 3.95. The standard InChI is InChI=1S/C21H23NO5/c1-14-5-8-17(11-15(14)2)22-20(23)13-27-18-9-6-16(12-19(18)25-3)7-10-21(24)26-4/h5-12H,13H2,1-4H3,(H,22,23)/b10-7+. The molecule has 6 nitrogen and oxygen atoms in total. The lowest BCUT2D eigenvalue weighted by atomic mass is 10.1. The molecular weight excluding hydrogens is 346 g/mol. The van der Waals surface area contributed by atoms with Crippen molar-refractivity contribution in [1.29, 1.82) is 0 Å². The molecule has 2 rings (SSSR count). The van der Waals surface area contributed by atoms with Crippen LogP contribution in [0.25, 0.3) is 6.08 Å². The van der Waals surface area contributed by atoms with E-state index in [0.29, 0.717) is 11.5 Å². The molecule has 1 amide bonds. The van der Waals surface area contributed by atoms with Gasteiger partial charge in [0.15, 0.2) is 18.1 Å². The second-order valence-corrected chi connectivity index (χ2v) is 5.90. The molecule has 0 fully saturated rings. The lowest BCUT2D eigenvalue weighted by Crippen LogP contribution is -2.20. The Bertz CT molecular complexity index is 858. The summed E-state index contributed by atoms with van der Waals surface area (Å²) in [5.41, 5.74) is 3.73. The number of esters is 1. The highest BCUT2D eigenvalue weighted by Crippen LogP contribution is 2.28. The van der Waals surface area contributed by atoms with Gasteiger partial charge in [0.2, 0.25) is 0 Å². The maximum absolute atomic E-state index is 12.1. The summed E-state index contributed by atoms with van der Waals surface area (Å²) in [5, 5.41) is 2.80. The van der Waals surface area contributed by atoms with Crippen LogP contribution in [0.1, 0.15) is 16.7 Å². The predicted octanol–water partition coefficient (Wildman–Crippen LogP) is 3.52. The molecule has 2 aromatic carbocycles. The van der Waals surface area contributed by atoms with E-state index < -0.39 is 5.97 Å². The lowest BCUT2D eigenvalue weighted by molar-refractivity contribution is -0.134. The molecule has 0 bridgehead atoms. The number of carbonyl (C=O) groups excluding carboxylic acids is 2. The first-order valence-corrected chi connectivity index (χ1v) is 8.37. The number of nitrogens with one attached hydrogen (secondary N) is 1. The van der Waals surface area contributed by atoms with E-state index in [1.165, 1.54) is 20.3 Å². The van der Waals surface area contributed by atoms with E-state index in [4.69, 9.17) is 9.47 Å². The van der Waals surface area contributed by atoms with Crippen molar-refractivity contribution in [3.8, 4) is 11.5 Å². The van der Waals surface area contributed by atoms with Crippen molar-refractivity contribution >= 4 is 23.6 Å². The second kappa shape index (κ2) is 9.43. The Labute approximate surface area is 158 Å². The molecular formula is C21H23NO5. The zero-order chi connectivity index (χ0) is 19.8. The summed E-state index contributed by atoms with van der Waals surface area (Å²) in [7, 11) is 2.82. The third-order valence-electron chi connectivity index (χ3n) is 3.95. The molecule has 0 saturated heterocycles. The number of carbonyl (C=O) groups is 2. The SMILES string of the molecule is COC(=O)/C=C/c1ccc(OCC(=O)Nc2ccc(C)c(C)c2)c(OC)c1. The predicted molar refractivity (Wildman–Crippen MR) is 104 cm³/mol. The van der Waals surface area contributed by atoms with Crippen molar-refractivity contribution in [3.63, 3.8) is 0 Å². The molecule has 2 aromatic rings. The normalized spacial score (nSPS) is 10.5. The quantitative estimate of drug-likeness (QED) is 0.597. The van der Waals surface area contributed by atoms with Gasteiger partial charge in [0, 0.05) is 11.8 Å². The minimum Gasteiger partial charge on any atom is -0.493 e. The van der Waals surface area contributed by atoms with Gasteiger partial charge in [-0.05, 0) is 60.9 Å². The van der Waals surface area contributed by atoms with E-state index in [1.54, 1.807) is 24.3 Å². The Balaban J connectivity index is 1.99. The minimum atomic E-state index is -0.447. The van der Waals surface area contributed by atoms with Crippen LogP contribution in [0.2, 0.25) is 0 Å². The van der Waals surface area contributed by atoms with Crippen molar-refractivity contribution in [3.05, 3.63) is 59.2 Å². The Hall–Kier alpha value is -3.28. The zero-order valence-electron chi connectivity index (χ0n) is 15.9. The van der Waals surface area contributed by atoms with Crippen LogP contribution in [0.4, 0.5) is 5.69 Å². The number of hydrogen-bond acceptors (Lipinski definition) is 5. The first-order chi connectivity index (χ1) is 12.9. The number of anilines is 1. The molecule has 6 heteroatoms. The van der Waals surface area contributed by atoms with Crippen LogP contribution in [-0.2, 0) is 14.3 Å². The molecule has 0 heterocycles. The van der Waals surface area contributed by atoms with E-state index >= 15 is 0 Å². The van der Waals surface area contributed by atoms with Crippen LogP contribution in [0.15, 0.2) is 42.5 Å². The van der Waals surface area contributed by atoms with Gasteiger partial charge in [0.25, 0.3) is 5.91 Å². The monoisotopic (exact) mass is 369 g/mol. The Kier molecular flexibility index (Phi) is 7.00. The average Bonchev–Trinajstić information content (AvgIpc) is 2.67. The molecule has 142 valence electrons. The van der Waals surface area contributed by atoms with Gasteiger partial charge in [0.1, 0.15) is 0 Å². The van der Waals surface area contributed by atoms with Gasteiger partial charge >= 0.3 is 5.97 Å². The summed E-state index contributed by atoms with van der Waals surface area (Å²) in [6, 6.07) is 10.8. The maximum Gasteiger partial charge on any atom is 0.330 e. The summed E-state index contributed by atoms with van der Waals surface area (Å²) in [5.74, 6) is 0.177. The largest absolute Gasteiger partial charge is 0.493 e. The van der Waals surface area contributed by atoms with Crippen molar-refractivity contribution in [2.24, 2.45) is 0 Å². The number of hydrogen-bond donors (Lipinski definition) is 1. The van der Waals surface area contributed by atoms with E-state index in [-0.39, 0.29) is 12.5 Å². The molecule has 0 radical (unpaired) electrons. The number of aryl methyl sites for hydroxylation is 2. The van der Waals surface area contributed by atoms with Gasteiger partial charge in [-0.15, -0.1) is 0 Å². The van der Waals surface area contributed by atoms with Crippen molar-refractivity contribution < 1.29 is 23.8 Å². The third kappa shape index (κ3) is 5.88. The number of rotatable bonds is 7. The van der Waals surface area contributed by atoms with E-state index in [1.807, 2.05) is 32.0 Å². The van der Waals surface area contributed by atoms with E-state index in [9.17, 15) is 9.59 Å². The van der Waals surface area contributed by atoms with Gasteiger partial charge in [-0.1, -0.05) is 12.1 Å². The minimum absolute atomic E-state index is 0.152. The Morgan fingerprint density at radius 1 is 1.00 bits per heavy atom. The van der Waals surface area contributed by atoms with Gasteiger partial charge in [-0.25, -0.2) is 4.79 Å². The average molecular weight is 369 g/mol. The van der Waals surface area contributed by atoms with Crippen LogP contribution < -0.4 is 14.8 Å². The summed E-state index contributed by atoms with van der Waals surface area (Å²) in [6.45, 7) is 3.85. The molecule has 0 aromatic heterocycles. The highest BCUT2D eigenvalue weighted by molar-refractivity contribution is 5.92. The highest BCUT2D eigenvalue weighted by Gasteiger charge is 2.09. The van der Waals surface area contributed by atoms with Crippen molar-refractivity contribution in [2.75, 3.05) is 26.1 Å². The molecule has 0 aliphatic heterocycles. The van der Waals surface area contributed by atoms with E-state index in [0.717, 1.165) is 22.4 Å². The summed E-state index contributed by atoms with van der Waals surface area (Å²) in [6.07, 6.45) is 2.91. The van der Waals surface area contributed by atoms with Gasteiger partial charge in [-0.3, -0.25) is 4.79 Å². The smallest absolute Gasteiger partial charge is 0.330 e. The Morgan fingerprint density at radius 3 is 2.44 bits per heavy atom. The van der Waals surface area contributed by atoms with Crippen molar-refractivity contribution in [1.82, 2.24) is 0 Å². The molecule has 27 heavy (non-hydrogen) atoms. The highest BCUT2D eigenvalue weighted by atomic mass is 16.5. The van der Waals surface area contributed by atoms with Crippen LogP contribution in [0, 0.1) is 13.8 Å². The van der Waals surface area contributed by atoms with Crippen LogP contribution in [-0.4, -0.2) is 32.7 Å². The number of amides is 1. The zero-order valence-corrected chi connectivity index (χ0v) is 15.9. The number of benzene rings is 2. The fourth-order valence-corrected chi connectivity index (χ4v) is 2.30. The molecule has 0 unspecified atom stereocenters. The number of ether oxygens (including phenoxy) is 3. The first kappa shape index (κ1) is 20.0. The maximum atomic E-state index is 12.1. The fraction of sp³-hybridized carbons (Fsp3) is 0.238. The lowest BCUT2D eigenvalue weighted by Gasteiger charge is -2.12. The first-order valence-electron chi connectivity index (χ1n) is 8.37. The summed E-state index contributed by atoms with van der Waals surface area (Å²) >= 11 is 0. The van der Waals surface area contributed by atoms with E-state index in [2.05, 4.69) is 10.1 Å². The second-order valence-electron chi connectivity index (χ2n) is 5.90. The summed E-state index contributed by atoms with van der Waals surface area (Å²) < 4.78 is 15.4. The molecule has 0 saturated carbocycles. The van der Waals surface area contributed by atoms with Crippen LogP contribution in [0.5, 0.6) is 11.5 Å². The van der Waals surface area contributed by atoms with Crippen LogP contribution >= 0.6 is 0 Å².